The number of nitrogens with zero attached hydrogens (tertiary/aromatic N) is 1. The Kier molecular flexibility index (Phi) is 5.97. The van der Waals surface area contributed by atoms with E-state index in [0.29, 0.717) is 5.92 Å². The average Bonchev–Trinajstić information content (AvgIpc) is 3.48. The van der Waals surface area contributed by atoms with E-state index in [1.807, 2.05) is 24.4 Å². The smallest absolute Gasteiger partial charge is 0.146 e. The summed E-state index contributed by atoms with van der Waals surface area (Å²) in [7, 11) is 1.70. The van der Waals surface area contributed by atoms with E-state index >= 15 is 0 Å². The van der Waals surface area contributed by atoms with Crippen molar-refractivity contribution in [1.82, 2.24) is 9.97 Å². The summed E-state index contributed by atoms with van der Waals surface area (Å²) >= 11 is 0. The number of allylic oxidation sites excluding steroid dienone is 1. The number of aliphatic imine (C=N–C) groups is 1. The average molecular weight is 393 g/mol. The highest BCUT2D eigenvalue weighted by atomic mass is 16.5. The van der Waals surface area contributed by atoms with Gasteiger partial charge in [0.1, 0.15) is 11.5 Å². The Morgan fingerprint density at radius 3 is 3.07 bits per heavy atom. The van der Waals surface area contributed by atoms with Crippen LogP contribution in [-0.4, -0.2) is 22.8 Å². The summed E-state index contributed by atoms with van der Waals surface area (Å²) in [6.07, 6.45) is 14.9. The topological polar surface area (TPSA) is 53.2 Å². The molecule has 2 aromatic heterocycles. The molecule has 2 bridgehead atoms. The first-order valence-corrected chi connectivity index (χ1v) is 11.0. The largest absolute Gasteiger partial charge is 0.494 e. The van der Waals surface area contributed by atoms with E-state index < -0.39 is 0 Å². The van der Waals surface area contributed by atoms with Crippen LogP contribution in [0.15, 0.2) is 46.9 Å². The maximum atomic E-state index is 8.36. The van der Waals surface area contributed by atoms with Gasteiger partial charge < -0.3 is 14.7 Å². The zero-order chi connectivity index (χ0) is 20.9. The van der Waals surface area contributed by atoms with Crippen molar-refractivity contribution in [3.8, 4) is 0 Å². The lowest BCUT2D eigenvalue weighted by Crippen LogP contribution is -2.01. The van der Waals surface area contributed by atoms with Crippen LogP contribution in [0.2, 0.25) is 0 Å². The maximum Gasteiger partial charge on any atom is 0.146 e. The Morgan fingerprint density at radius 1 is 1.34 bits per heavy atom. The Morgan fingerprint density at radius 2 is 2.28 bits per heavy atom. The molecule has 0 radical (unpaired) electrons. The van der Waals surface area contributed by atoms with Gasteiger partial charge in [0.25, 0.3) is 0 Å². The Labute approximate surface area is 175 Å². The van der Waals surface area contributed by atoms with Crippen LogP contribution in [0.25, 0.3) is 6.08 Å². The van der Waals surface area contributed by atoms with E-state index in [9.17, 15) is 0 Å². The molecule has 29 heavy (non-hydrogen) atoms. The Bertz CT molecular complexity index is 936. The number of ether oxygens (including phenoxy) is 1. The summed E-state index contributed by atoms with van der Waals surface area (Å²) in [5, 5.41) is 0. The van der Waals surface area contributed by atoms with Crippen LogP contribution in [0.1, 0.15) is 88.2 Å². The number of H-pyrrole nitrogens is 2. The van der Waals surface area contributed by atoms with Crippen molar-refractivity contribution in [1.29, 1.82) is 0 Å². The molecule has 154 valence electrons. The zero-order valence-corrected chi connectivity index (χ0v) is 17.6. The van der Waals surface area contributed by atoms with E-state index in [-0.39, 0.29) is 6.40 Å². The third-order valence-electron chi connectivity index (χ3n) is 5.99. The number of hydrogen-bond acceptors (Lipinski definition) is 2. The van der Waals surface area contributed by atoms with Gasteiger partial charge in [-0.1, -0.05) is 39.0 Å². The predicted octanol–water partition coefficient (Wildman–Crippen LogP) is 6.50. The molecule has 4 heteroatoms. The minimum atomic E-state index is 0.0699. The number of rotatable bonds is 6. The molecule has 0 saturated carbocycles. The maximum absolute atomic E-state index is 8.36. The van der Waals surface area contributed by atoms with Crippen LogP contribution in [0, 0.1) is 0 Å². The number of unbranched alkanes of at least 4 members (excludes halogenated alkanes) is 1. The van der Waals surface area contributed by atoms with Crippen molar-refractivity contribution in [2.24, 2.45) is 4.99 Å². The summed E-state index contributed by atoms with van der Waals surface area (Å²) in [6, 6.07) is 6.38. The molecular weight excluding hydrogens is 358 g/mol. The van der Waals surface area contributed by atoms with Crippen LogP contribution in [0.4, 0.5) is 0 Å². The third kappa shape index (κ3) is 4.58. The summed E-state index contributed by atoms with van der Waals surface area (Å²) < 4.78 is 14.0. The quantitative estimate of drug-likeness (QED) is 0.579. The van der Waals surface area contributed by atoms with Crippen LogP contribution in [-0.2, 0) is 11.2 Å². The molecule has 0 aromatic carbocycles. The number of methoxy groups -OCH3 is 1. The SMILES string of the molecule is [2H][C@H]1CCCc2cc(c(/C=C3\N=C(c4ccc[nH]4)C=C3OC)[nH]2)[C@@H](CCCC)CC1. The van der Waals surface area contributed by atoms with E-state index in [1.165, 1.54) is 30.5 Å². The van der Waals surface area contributed by atoms with Gasteiger partial charge in [-0.25, -0.2) is 4.99 Å². The molecule has 4 rings (SSSR count). The molecule has 2 N–H and O–H groups in total. The minimum absolute atomic E-state index is 0.0699. The number of aromatic nitrogens is 2. The zero-order valence-electron chi connectivity index (χ0n) is 18.6. The van der Waals surface area contributed by atoms with E-state index in [0.717, 1.165) is 60.7 Å². The lowest BCUT2D eigenvalue weighted by Gasteiger charge is -2.17. The second-order valence-electron chi connectivity index (χ2n) is 8.08. The fourth-order valence-corrected chi connectivity index (χ4v) is 4.39. The molecule has 0 amide bonds. The molecule has 0 unspecified atom stereocenters. The second kappa shape index (κ2) is 9.34. The number of hydrogen-bond donors (Lipinski definition) is 2. The lowest BCUT2D eigenvalue weighted by molar-refractivity contribution is 0.303. The highest BCUT2D eigenvalue weighted by Crippen LogP contribution is 2.35. The van der Waals surface area contributed by atoms with Crippen LogP contribution in [0.3, 0.4) is 0 Å². The highest BCUT2D eigenvalue weighted by Gasteiger charge is 2.21. The lowest BCUT2D eigenvalue weighted by atomic mass is 9.87. The Hall–Kier alpha value is -2.49. The van der Waals surface area contributed by atoms with Gasteiger partial charge in [-0.15, -0.1) is 0 Å². The van der Waals surface area contributed by atoms with E-state index in [2.05, 4.69) is 29.0 Å². The van der Waals surface area contributed by atoms with Gasteiger partial charge >= 0.3 is 0 Å². The summed E-state index contributed by atoms with van der Waals surface area (Å²) in [6.45, 7) is 2.25. The van der Waals surface area contributed by atoms with Gasteiger partial charge in [0.15, 0.2) is 0 Å². The van der Waals surface area contributed by atoms with Gasteiger partial charge in [-0.3, -0.25) is 0 Å². The normalized spacial score (nSPS) is 24.2. The van der Waals surface area contributed by atoms with E-state index in [4.69, 9.17) is 11.1 Å². The van der Waals surface area contributed by atoms with Gasteiger partial charge in [0.05, 0.1) is 18.5 Å². The van der Waals surface area contributed by atoms with Gasteiger partial charge in [-0.05, 0) is 61.4 Å². The predicted molar refractivity (Wildman–Crippen MR) is 120 cm³/mol. The first-order chi connectivity index (χ1) is 14.7. The molecule has 0 saturated heterocycles. The molecule has 0 spiro atoms. The van der Waals surface area contributed by atoms with Crippen LogP contribution >= 0.6 is 0 Å². The molecule has 0 fully saturated rings. The molecule has 2 atom stereocenters. The van der Waals surface area contributed by atoms with Crippen LogP contribution < -0.4 is 0 Å². The summed E-state index contributed by atoms with van der Waals surface area (Å²) in [5.74, 6) is 1.29. The molecule has 1 aliphatic heterocycles. The molecule has 3 heterocycles. The molecule has 1 aliphatic carbocycles. The minimum Gasteiger partial charge on any atom is -0.494 e. The molecule has 2 aliphatic rings. The van der Waals surface area contributed by atoms with Gasteiger partial charge in [-0.2, -0.15) is 0 Å². The van der Waals surface area contributed by atoms with Crippen molar-refractivity contribution in [2.75, 3.05) is 7.11 Å². The molecule has 4 nitrogen and oxygen atoms in total. The van der Waals surface area contributed by atoms with Crippen LogP contribution in [0.5, 0.6) is 0 Å². The fraction of sp³-hybridized carbons (Fsp3) is 0.480. The molecular formula is C25H33N3O. The van der Waals surface area contributed by atoms with Gasteiger partial charge in [0, 0.05) is 25.0 Å². The number of nitrogens with one attached hydrogen (secondary N) is 2. The standard InChI is InChI=1S/C25H33N3O/c1-3-4-10-18-11-7-5-6-8-12-19-15-20(18)22(27-19)16-24-25(29-2)17-23(28-24)21-13-9-14-26-21/h9,13-18,26-27H,3-8,10-12H2,1-2H3/b24-16-/t18-/m0/s1/i5D/t5-,18-. The first kappa shape index (κ1) is 18.5. The number of aromatic amines is 2. The van der Waals surface area contributed by atoms with Crippen molar-refractivity contribution >= 4 is 11.8 Å². The van der Waals surface area contributed by atoms with Crippen molar-refractivity contribution in [3.05, 3.63) is 64.6 Å². The summed E-state index contributed by atoms with van der Waals surface area (Å²) in [5.41, 5.74) is 6.58. The Balaban J connectivity index is 1.70. The fourth-order valence-electron chi connectivity index (χ4n) is 4.39. The molecule has 2 aromatic rings. The monoisotopic (exact) mass is 392 g/mol. The first-order valence-electron chi connectivity index (χ1n) is 11.6. The number of aryl methyl sites for hydroxylation is 1. The summed E-state index contributed by atoms with van der Waals surface area (Å²) in [4.78, 5) is 11.7. The highest BCUT2D eigenvalue weighted by molar-refractivity contribution is 6.11. The van der Waals surface area contributed by atoms with Crippen molar-refractivity contribution in [2.45, 2.75) is 70.6 Å². The van der Waals surface area contributed by atoms with E-state index in [1.54, 1.807) is 7.11 Å². The van der Waals surface area contributed by atoms with Crippen molar-refractivity contribution < 1.29 is 6.11 Å². The van der Waals surface area contributed by atoms with Crippen molar-refractivity contribution in [3.63, 3.8) is 0 Å². The number of fused-ring (bicyclic) bond motifs is 2. The second-order valence-corrected chi connectivity index (χ2v) is 8.08. The third-order valence-corrected chi connectivity index (χ3v) is 5.99. The van der Waals surface area contributed by atoms with Gasteiger partial charge in [0.2, 0.25) is 0 Å².